The van der Waals surface area contributed by atoms with Gasteiger partial charge in [-0.05, 0) is 48.4 Å². The zero-order valence-corrected chi connectivity index (χ0v) is 11.1. The molecule has 0 aliphatic rings. The monoisotopic (exact) mass is 278 g/mol. The lowest BCUT2D eigenvalue weighted by atomic mass is 10.1. The van der Waals surface area contributed by atoms with Crippen molar-refractivity contribution < 1.29 is 13.9 Å². The Hall–Kier alpha value is -1.87. The highest BCUT2D eigenvalue weighted by atomic mass is 35.5. The summed E-state index contributed by atoms with van der Waals surface area (Å²) in [6.07, 6.45) is 1.34. The van der Waals surface area contributed by atoms with E-state index >= 15 is 0 Å². The van der Waals surface area contributed by atoms with Crippen molar-refractivity contribution in [3.05, 3.63) is 58.4 Å². The fourth-order valence-corrected chi connectivity index (χ4v) is 1.97. The molecule has 0 N–H and O–H groups in total. The summed E-state index contributed by atoms with van der Waals surface area (Å²) in [6, 6.07) is 9.07. The van der Waals surface area contributed by atoms with Crippen molar-refractivity contribution in [2.24, 2.45) is 0 Å². The lowest BCUT2D eigenvalue weighted by molar-refractivity contribution is 0.112. The fraction of sp³-hybridized carbons (Fsp3) is 0.133. The first kappa shape index (κ1) is 13.6. The van der Waals surface area contributed by atoms with Gasteiger partial charge in [0.2, 0.25) is 0 Å². The van der Waals surface area contributed by atoms with E-state index in [9.17, 15) is 9.18 Å². The Morgan fingerprint density at radius 3 is 2.74 bits per heavy atom. The van der Waals surface area contributed by atoms with Crippen LogP contribution in [0.15, 0.2) is 36.4 Å². The van der Waals surface area contributed by atoms with Gasteiger partial charge in [0.1, 0.15) is 17.3 Å². The van der Waals surface area contributed by atoms with Crippen molar-refractivity contribution in [2.45, 2.75) is 13.3 Å². The number of rotatable bonds is 4. The minimum atomic E-state index is -0.472. The molecule has 2 aromatic rings. The van der Waals surface area contributed by atoms with Crippen LogP contribution in [0.4, 0.5) is 4.39 Å². The largest absolute Gasteiger partial charge is 0.457 e. The van der Waals surface area contributed by atoms with Gasteiger partial charge in [-0.1, -0.05) is 18.5 Å². The van der Waals surface area contributed by atoms with Crippen molar-refractivity contribution >= 4 is 17.9 Å². The van der Waals surface area contributed by atoms with E-state index in [2.05, 4.69) is 0 Å². The van der Waals surface area contributed by atoms with E-state index in [1.807, 2.05) is 6.92 Å². The Morgan fingerprint density at radius 1 is 1.26 bits per heavy atom. The second-order valence-corrected chi connectivity index (χ2v) is 4.42. The third-order valence-corrected chi connectivity index (χ3v) is 3.09. The summed E-state index contributed by atoms with van der Waals surface area (Å²) in [7, 11) is 0. The van der Waals surface area contributed by atoms with Crippen molar-refractivity contribution in [2.75, 3.05) is 0 Å². The first-order valence-electron chi connectivity index (χ1n) is 5.85. The number of benzene rings is 2. The Bertz CT molecular complexity index is 611. The highest BCUT2D eigenvalue weighted by Crippen LogP contribution is 2.28. The van der Waals surface area contributed by atoms with Gasteiger partial charge in [0.05, 0.1) is 5.56 Å². The van der Waals surface area contributed by atoms with Gasteiger partial charge in [-0.3, -0.25) is 4.79 Å². The minimum absolute atomic E-state index is 0.174. The quantitative estimate of drug-likeness (QED) is 0.761. The molecule has 0 fully saturated rings. The molecule has 0 spiro atoms. The molecule has 0 bridgehead atoms. The summed E-state index contributed by atoms with van der Waals surface area (Å²) in [5.41, 5.74) is 1.13. The van der Waals surface area contributed by atoms with E-state index in [0.717, 1.165) is 18.1 Å². The molecule has 0 saturated carbocycles. The van der Waals surface area contributed by atoms with Crippen LogP contribution in [0.2, 0.25) is 5.02 Å². The molecular formula is C15H12ClFO2. The molecule has 0 saturated heterocycles. The summed E-state index contributed by atoms with van der Waals surface area (Å²) in [4.78, 5) is 10.9. The SMILES string of the molecule is CCc1cc(Oc2ccc(F)cc2C=O)ccc1Cl. The van der Waals surface area contributed by atoms with E-state index in [-0.39, 0.29) is 5.56 Å². The molecule has 0 atom stereocenters. The van der Waals surface area contributed by atoms with Crippen LogP contribution >= 0.6 is 11.6 Å². The van der Waals surface area contributed by atoms with Crippen LogP contribution in [0.25, 0.3) is 0 Å². The molecule has 0 aliphatic carbocycles. The number of hydrogen-bond acceptors (Lipinski definition) is 2. The predicted molar refractivity (Wildman–Crippen MR) is 72.7 cm³/mol. The van der Waals surface area contributed by atoms with Gasteiger partial charge in [-0.2, -0.15) is 0 Å². The van der Waals surface area contributed by atoms with Gasteiger partial charge in [-0.25, -0.2) is 4.39 Å². The molecular weight excluding hydrogens is 267 g/mol. The standard InChI is InChI=1S/C15H12ClFO2/c1-2-10-8-13(4-5-14(10)16)19-15-6-3-12(17)7-11(15)9-18/h3-9H,2H2,1H3. The van der Waals surface area contributed by atoms with E-state index in [4.69, 9.17) is 16.3 Å². The molecule has 0 aromatic heterocycles. The first-order chi connectivity index (χ1) is 9.13. The molecule has 4 heteroatoms. The lowest BCUT2D eigenvalue weighted by Crippen LogP contribution is -1.93. The average molecular weight is 279 g/mol. The molecule has 0 aliphatic heterocycles. The number of carbonyl (C=O) groups excluding carboxylic acids is 1. The summed E-state index contributed by atoms with van der Waals surface area (Å²) in [6.45, 7) is 1.99. The van der Waals surface area contributed by atoms with Crippen LogP contribution in [0.5, 0.6) is 11.5 Å². The van der Waals surface area contributed by atoms with Crippen LogP contribution in [-0.4, -0.2) is 6.29 Å². The highest BCUT2D eigenvalue weighted by Gasteiger charge is 2.07. The maximum Gasteiger partial charge on any atom is 0.153 e. The molecule has 0 heterocycles. The zero-order chi connectivity index (χ0) is 13.8. The number of halogens is 2. The molecule has 19 heavy (non-hydrogen) atoms. The Kier molecular flexibility index (Phi) is 4.17. The summed E-state index contributed by atoms with van der Waals surface area (Å²) in [5.74, 6) is 0.413. The topological polar surface area (TPSA) is 26.3 Å². The number of hydrogen-bond donors (Lipinski definition) is 0. The average Bonchev–Trinajstić information content (AvgIpc) is 2.42. The molecule has 2 rings (SSSR count). The van der Waals surface area contributed by atoms with Gasteiger partial charge in [0.25, 0.3) is 0 Å². The summed E-state index contributed by atoms with van der Waals surface area (Å²) in [5, 5.41) is 0.671. The van der Waals surface area contributed by atoms with Crippen molar-refractivity contribution in [3.63, 3.8) is 0 Å². The molecule has 2 nitrogen and oxygen atoms in total. The lowest BCUT2D eigenvalue weighted by Gasteiger charge is -2.10. The third-order valence-electron chi connectivity index (χ3n) is 2.72. The van der Waals surface area contributed by atoms with Crippen LogP contribution in [0, 0.1) is 5.82 Å². The van der Waals surface area contributed by atoms with E-state index in [1.165, 1.54) is 12.1 Å². The molecule has 0 unspecified atom stereocenters. The van der Waals surface area contributed by atoms with Crippen LogP contribution in [0.1, 0.15) is 22.8 Å². The van der Waals surface area contributed by atoms with E-state index in [0.29, 0.717) is 22.8 Å². The normalized spacial score (nSPS) is 10.3. The van der Waals surface area contributed by atoms with Crippen LogP contribution in [0.3, 0.4) is 0 Å². The second kappa shape index (κ2) is 5.85. The van der Waals surface area contributed by atoms with E-state index in [1.54, 1.807) is 18.2 Å². The van der Waals surface area contributed by atoms with Crippen molar-refractivity contribution in [1.29, 1.82) is 0 Å². The van der Waals surface area contributed by atoms with Crippen LogP contribution < -0.4 is 4.74 Å². The number of aryl methyl sites for hydroxylation is 1. The van der Waals surface area contributed by atoms with Gasteiger partial charge >= 0.3 is 0 Å². The van der Waals surface area contributed by atoms with Gasteiger partial charge in [0, 0.05) is 5.02 Å². The highest BCUT2D eigenvalue weighted by molar-refractivity contribution is 6.31. The minimum Gasteiger partial charge on any atom is -0.457 e. The maximum atomic E-state index is 13.0. The second-order valence-electron chi connectivity index (χ2n) is 4.01. The number of ether oxygens (including phenoxy) is 1. The van der Waals surface area contributed by atoms with Gasteiger partial charge in [-0.15, -0.1) is 0 Å². The summed E-state index contributed by atoms with van der Waals surface area (Å²) >= 11 is 6.02. The Morgan fingerprint density at radius 2 is 2.05 bits per heavy atom. The maximum absolute atomic E-state index is 13.0. The number of aldehydes is 1. The third kappa shape index (κ3) is 3.12. The van der Waals surface area contributed by atoms with Crippen molar-refractivity contribution in [1.82, 2.24) is 0 Å². The Labute approximate surface area is 115 Å². The molecule has 98 valence electrons. The van der Waals surface area contributed by atoms with Gasteiger partial charge < -0.3 is 4.74 Å². The zero-order valence-electron chi connectivity index (χ0n) is 10.3. The van der Waals surface area contributed by atoms with Gasteiger partial charge in [0.15, 0.2) is 6.29 Å². The molecule has 2 aromatic carbocycles. The Balaban J connectivity index is 2.33. The molecule has 0 radical (unpaired) electrons. The molecule has 0 amide bonds. The predicted octanol–water partition coefficient (Wildman–Crippen LogP) is 4.65. The van der Waals surface area contributed by atoms with Crippen molar-refractivity contribution in [3.8, 4) is 11.5 Å². The summed E-state index contributed by atoms with van der Waals surface area (Å²) < 4.78 is 18.6. The fourth-order valence-electron chi connectivity index (χ4n) is 1.72. The van der Waals surface area contributed by atoms with Crippen LogP contribution in [-0.2, 0) is 6.42 Å². The smallest absolute Gasteiger partial charge is 0.153 e. The van der Waals surface area contributed by atoms with E-state index < -0.39 is 5.82 Å². The number of carbonyl (C=O) groups is 1. The first-order valence-corrected chi connectivity index (χ1v) is 6.23.